The molecule has 16 heavy (non-hydrogen) atoms. The van der Waals surface area contributed by atoms with Gasteiger partial charge in [-0.25, -0.2) is 0 Å². The minimum Gasteiger partial charge on any atom is -0.493 e. The molecule has 90 valence electrons. The van der Waals surface area contributed by atoms with Gasteiger partial charge >= 0.3 is 0 Å². The fourth-order valence-corrected chi connectivity index (χ4v) is 1.70. The van der Waals surface area contributed by atoms with Gasteiger partial charge in [0, 0.05) is 5.56 Å². The molecule has 3 nitrogen and oxygen atoms in total. The molecule has 0 aromatic heterocycles. The average Bonchev–Trinajstić information content (AvgIpc) is 2.27. The van der Waals surface area contributed by atoms with E-state index in [1.165, 1.54) is 0 Å². The Kier molecular flexibility index (Phi) is 4.77. The quantitative estimate of drug-likeness (QED) is 0.774. The van der Waals surface area contributed by atoms with E-state index in [-0.39, 0.29) is 0 Å². The molecule has 1 aromatic rings. The lowest BCUT2D eigenvalue weighted by Crippen LogP contribution is -2.27. The van der Waals surface area contributed by atoms with E-state index in [0.717, 1.165) is 17.9 Å². The molecule has 1 rings (SSSR count). The Morgan fingerprint density at radius 2 is 2.06 bits per heavy atom. The maximum atomic E-state index is 10.4. The van der Waals surface area contributed by atoms with Crippen LogP contribution < -0.4 is 10.1 Å². The molecule has 3 heteroatoms. The summed E-state index contributed by atoms with van der Waals surface area (Å²) < 4.78 is 5.52. The van der Waals surface area contributed by atoms with E-state index >= 15 is 0 Å². The van der Waals surface area contributed by atoms with Crippen LogP contribution in [0.1, 0.15) is 25.8 Å². The summed E-state index contributed by atoms with van der Waals surface area (Å²) in [6, 6.07) is 7.65. The van der Waals surface area contributed by atoms with E-state index in [0.29, 0.717) is 13.0 Å². The predicted molar refractivity (Wildman–Crippen MR) is 65.7 cm³/mol. The van der Waals surface area contributed by atoms with E-state index in [9.17, 15) is 5.11 Å². The molecule has 1 unspecified atom stereocenters. The molecule has 0 spiro atoms. The summed E-state index contributed by atoms with van der Waals surface area (Å²) in [6.45, 7) is 5.15. The molecule has 0 heterocycles. The van der Waals surface area contributed by atoms with Crippen LogP contribution >= 0.6 is 0 Å². The molecule has 1 atom stereocenters. The van der Waals surface area contributed by atoms with Gasteiger partial charge in [-0.2, -0.15) is 0 Å². The van der Waals surface area contributed by atoms with Crippen molar-refractivity contribution in [1.82, 2.24) is 5.32 Å². The summed E-state index contributed by atoms with van der Waals surface area (Å²) in [5.41, 5.74) is 0.00139. The van der Waals surface area contributed by atoms with E-state index in [1.54, 1.807) is 0 Å². The highest BCUT2D eigenvalue weighted by Gasteiger charge is 2.25. The van der Waals surface area contributed by atoms with Crippen LogP contribution in [0.25, 0.3) is 0 Å². The Labute approximate surface area is 97.4 Å². The predicted octanol–water partition coefficient (Wildman–Crippen LogP) is 1.90. The van der Waals surface area contributed by atoms with Crippen molar-refractivity contribution >= 4 is 0 Å². The van der Waals surface area contributed by atoms with Crippen LogP contribution in [-0.2, 0) is 5.60 Å². The standard InChI is InChI=1S/C13H21NO2/c1-4-16-12-8-6-5-7-11(12)13(2,15)9-10-14-3/h5-8,14-15H,4,9-10H2,1-3H3. The Balaban J connectivity index is 2.91. The first-order chi connectivity index (χ1) is 7.61. The van der Waals surface area contributed by atoms with Gasteiger partial charge in [0.1, 0.15) is 5.75 Å². The number of nitrogens with one attached hydrogen (secondary N) is 1. The van der Waals surface area contributed by atoms with Crippen LogP contribution in [0.3, 0.4) is 0 Å². The van der Waals surface area contributed by atoms with Gasteiger partial charge in [-0.15, -0.1) is 0 Å². The Morgan fingerprint density at radius 1 is 1.38 bits per heavy atom. The number of hydrogen-bond donors (Lipinski definition) is 2. The van der Waals surface area contributed by atoms with E-state index in [4.69, 9.17) is 4.74 Å². The van der Waals surface area contributed by atoms with Crippen molar-refractivity contribution < 1.29 is 9.84 Å². The molecule has 0 radical (unpaired) electrons. The lowest BCUT2D eigenvalue weighted by atomic mass is 9.91. The summed E-state index contributed by atoms with van der Waals surface area (Å²) in [6.07, 6.45) is 0.660. The van der Waals surface area contributed by atoms with Crippen molar-refractivity contribution in [2.24, 2.45) is 0 Å². The van der Waals surface area contributed by atoms with Crippen molar-refractivity contribution in [2.45, 2.75) is 25.9 Å². The molecule has 0 fully saturated rings. The van der Waals surface area contributed by atoms with E-state index < -0.39 is 5.60 Å². The fraction of sp³-hybridized carbons (Fsp3) is 0.538. The smallest absolute Gasteiger partial charge is 0.125 e. The molecule has 0 bridgehead atoms. The van der Waals surface area contributed by atoms with Gasteiger partial charge in [0.15, 0.2) is 0 Å². The van der Waals surface area contributed by atoms with Gasteiger partial charge in [-0.1, -0.05) is 18.2 Å². The number of aliphatic hydroxyl groups is 1. The molecule has 2 N–H and O–H groups in total. The number of rotatable bonds is 6. The minimum absolute atomic E-state index is 0.610. The van der Waals surface area contributed by atoms with Crippen molar-refractivity contribution in [1.29, 1.82) is 0 Å². The normalized spacial score (nSPS) is 14.5. The number of ether oxygens (including phenoxy) is 1. The largest absolute Gasteiger partial charge is 0.493 e. The first-order valence-corrected chi connectivity index (χ1v) is 5.71. The van der Waals surface area contributed by atoms with Crippen LogP contribution in [0.5, 0.6) is 5.75 Å². The molecule has 1 aromatic carbocycles. The second-order valence-electron chi connectivity index (χ2n) is 4.06. The fourth-order valence-electron chi connectivity index (χ4n) is 1.70. The number of hydrogen-bond acceptors (Lipinski definition) is 3. The highest BCUT2D eigenvalue weighted by Crippen LogP contribution is 2.31. The third-order valence-electron chi connectivity index (χ3n) is 2.63. The van der Waals surface area contributed by atoms with Crippen LogP contribution in [0.15, 0.2) is 24.3 Å². The molecule has 0 aliphatic carbocycles. The summed E-state index contributed by atoms with van der Waals surface area (Å²) in [5.74, 6) is 0.770. The van der Waals surface area contributed by atoms with Gasteiger partial charge in [-0.3, -0.25) is 0 Å². The first kappa shape index (κ1) is 13.0. The van der Waals surface area contributed by atoms with Crippen LogP contribution in [0, 0.1) is 0 Å². The van der Waals surface area contributed by atoms with Crippen molar-refractivity contribution in [3.05, 3.63) is 29.8 Å². The molecule has 0 aliphatic heterocycles. The molecular weight excluding hydrogens is 202 g/mol. The maximum Gasteiger partial charge on any atom is 0.125 e. The molecule has 0 saturated carbocycles. The van der Waals surface area contributed by atoms with Gasteiger partial charge < -0.3 is 15.2 Å². The second kappa shape index (κ2) is 5.87. The zero-order valence-electron chi connectivity index (χ0n) is 10.3. The topological polar surface area (TPSA) is 41.5 Å². The van der Waals surface area contributed by atoms with Gasteiger partial charge in [0.2, 0.25) is 0 Å². The number of benzene rings is 1. The van der Waals surface area contributed by atoms with Crippen LogP contribution in [0.2, 0.25) is 0 Å². The van der Waals surface area contributed by atoms with E-state index in [1.807, 2.05) is 45.2 Å². The summed E-state index contributed by atoms with van der Waals surface area (Å²) in [7, 11) is 1.88. The van der Waals surface area contributed by atoms with Crippen molar-refractivity contribution in [2.75, 3.05) is 20.2 Å². The Hall–Kier alpha value is -1.06. The zero-order valence-corrected chi connectivity index (χ0v) is 10.3. The van der Waals surface area contributed by atoms with Crippen LogP contribution in [0.4, 0.5) is 0 Å². The lowest BCUT2D eigenvalue weighted by Gasteiger charge is -2.26. The van der Waals surface area contributed by atoms with Crippen LogP contribution in [-0.4, -0.2) is 25.3 Å². The van der Waals surface area contributed by atoms with Gasteiger partial charge in [0.25, 0.3) is 0 Å². The Morgan fingerprint density at radius 3 is 2.69 bits per heavy atom. The molecule has 0 amide bonds. The highest BCUT2D eigenvalue weighted by molar-refractivity contribution is 5.37. The Bertz CT molecular complexity index is 323. The summed E-state index contributed by atoms with van der Waals surface area (Å²) in [4.78, 5) is 0. The highest BCUT2D eigenvalue weighted by atomic mass is 16.5. The molecular formula is C13H21NO2. The minimum atomic E-state index is -0.852. The van der Waals surface area contributed by atoms with E-state index in [2.05, 4.69) is 5.32 Å². The maximum absolute atomic E-state index is 10.4. The van der Waals surface area contributed by atoms with Gasteiger partial charge in [0.05, 0.1) is 12.2 Å². The zero-order chi connectivity index (χ0) is 12.0. The monoisotopic (exact) mass is 223 g/mol. The first-order valence-electron chi connectivity index (χ1n) is 5.71. The summed E-state index contributed by atoms with van der Waals surface area (Å²) in [5, 5.41) is 13.4. The van der Waals surface area contributed by atoms with Gasteiger partial charge in [-0.05, 0) is 39.9 Å². The third-order valence-corrected chi connectivity index (χ3v) is 2.63. The third kappa shape index (κ3) is 3.22. The molecule has 0 aliphatic rings. The average molecular weight is 223 g/mol. The second-order valence-corrected chi connectivity index (χ2v) is 4.06. The van der Waals surface area contributed by atoms with Crippen molar-refractivity contribution in [3.8, 4) is 5.75 Å². The van der Waals surface area contributed by atoms with Crippen molar-refractivity contribution in [3.63, 3.8) is 0 Å². The molecule has 0 saturated heterocycles. The SMILES string of the molecule is CCOc1ccccc1C(C)(O)CCNC. The number of para-hydroxylation sites is 1. The lowest BCUT2D eigenvalue weighted by molar-refractivity contribution is 0.0455. The summed E-state index contributed by atoms with van der Waals surface area (Å²) >= 11 is 0.